The first kappa shape index (κ1) is 24.0. The van der Waals surface area contributed by atoms with E-state index in [0.29, 0.717) is 18.8 Å². The highest BCUT2D eigenvalue weighted by atomic mass is 35.5. The van der Waals surface area contributed by atoms with Crippen molar-refractivity contribution in [2.24, 2.45) is 4.99 Å². The predicted molar refractivity (Wildman–Crippen MR) is 128 cm³/mol. The molecule has 2 aromatic carbocycles. The van der Waals surface area contributed by atoms with Gasteiger partial charge in [0.15, 0.2) is 0 Å². The van der Waals surface area contributed by atoms with Crippen LogP contribution < -0.4 is 4.74 Å². The van der Waals surface area contributed by atoms with Crippen molar-refractivity contribution in [1.29, 1.82) is 10.7 Å². The molecule has 0 amide bonds. The molecule has 0 aromatic heterocycles. The standard InChI is InChI=1S/C24H24ClN5O3/c1-29(12-5-13-33-22-14-19(30(31)32)9-8-18(22)15-26)24(27)21-11-10-20(23(21)28-16-25)17-6-3-2-4-7-17/h2-4,6-9,14,16,20,27H,5,10-13H2,1H3/b27-24?,28-16+. The van der Waals surface area contributed by atoms with Crippen molar-refractivity contribution in [3.63, 3.8) is 0 Å². The van der Waals surface area contributed by atoms with Gasteiger partial charge in [-0.25, -0.2) is 4.99 Å². The van der Waals surface area contributed by atoms with Crippen LogP contribution in [0, 0.1) is 26.9 Å². The zero-order valence-corrected chi connectivity index (χ0v) is 19.0. The van der Waals surface area contributed by atoms with E-state index < -0.39 is 4.92 Å². The highest BCUT2D eigenvalue weighted by Gasteiger charge is 2.29. The van der Waals surface area contributed by atoms with E-state index >= 15 is 0 Å². The van der Waals surface area contributed by atoms with Crippen LogP contribution in [0.25, 0.3) is 0 Å². The molecule has 0 saturated heterocycles. The van der Waals surface area contributed by atoms with Gasteiger partial charge in [-0.05, 0) is 30.9 Å². The molecule has 0 aliphatic heterocycles. The number of likely N-dealkylation sites (N-methyl/N-ethyl adjacent to an activating group) is 1. The zero-order valence-electron chi connectivity index (χ0n) is 18.2. The van der Waals surface area contributed by atoms with Crippen molar-refractivity contribution in [3.8, 4) is 11.8 Å². The van der Waals surface area contributed by atoms with Gasteiger partial charge in [-0.15, -0.1) is 0 Å². The number of non-ortho nitro benzene ring substituents is 1. The number of amidine groups is 1. The van der Waals surface area contributed by atoms with Crippen molar-refractivity contribution in [1.82, 2.24) is 4.90 Å². The second-order valence-electron chi connectivity index (χ2n) is 7.61. The van der Waals surface area contributed by atoms with Crippen molar-refractivity contribution in [3.05, 3.63) is 81.0 Å². The van der Waals surface area contributed by atoms with E-state index in [9.17, 15) is 15.4 Å². The summed E-state index contributed by atoms with van der Waals surface area (Å²) in [6.07, 6.45) is 2.17. The van der Waals surface area contributed by atoms with Gasteiger partial charge in [0.25, 0.3) is 5.69 Å². The van der Waals surface area contributed by atoms with Crippen LogP contribution in [0.5, 0.6) is 5.75 Å². The summed E-state index contributed by atoms with van der Waals surface area (Å²) in [7, 11) is 1.83. The maximum absolute atomic E-state index is 11.0. The highest BCUT2D eigenvalue weighted by molar-refractivity contribution is 6.56. The second-order valence-corrected chi connectivity index (χ2v) is 7.81. The van der Waals surface area contributed by atoms with Crippen LogP contribution in [-0.4, -0.2) is 41.5 Å². The van der Waals surface area contributed by atoms with E-state index in [2.05, 4.69) is 17.1 Å². The van der Waals surface area contributed by atoms with Crippen molar-refractivity contribution in [2.75, 3.05) is 20.2 Å². The summed E-state index contributed by atoms with van der Waals surface area (Å²) in [4.78, 5) is 16.7. The molecule has 0 saturated carbocycles. The van der Waals surface area contributed by atoms with Gasteiger partial charge in [-0.2, -0.15) is 5.26 Å². The van der Waals surface area contributed by atoms with Crippen LogP contribution >= 0.6 is 11.6 Å². The summed E-state index contributed by atoms with van der Waals surface area (Å²) in [6, 6.07) is 16.0. The first-order valence-electron chi connectivity index (χ1n) is 10.5. The molecule has 0 spiro atoms. The molecule has 1 atom stereocenters. The van der Waals surface area contributed by atoms with Crippen molar-refractivity contribution >= 4 is 28.8 Å². The number of nitriles is 1. The number of hydrogen-bond donors (Lipinski definition) is 1. The minimum atomic E-state index is -0.526. The smallest absolute Gasteiger partial charge is 0.273 e. The molecule has 33 heavy (non-hydrogen) atoms. The lowest BCUT2D eigenvalue weighted by atomic mass is 9.96. The van der Waals surface area contributed by atoms with Crippen LogP contribution in [0.4, 0.5) is 5.69 Å². The Balaban J connectivity index is 1.63. The number of nitro groups is 1. The summed E-state index contributed by atoms with van der Waals surface area (Å²) in [5.41, 5.74) is 4.21. The van der Waals surface area contributed by atoms with Gasteiger partial charge in [0, 0.05) is 31.1 Å². The zero-order chi connectivity index (χ0) is 23.8. The number of nitro benzene ring substituents is 1. The van der Waals surface area contributed by atoms with Crippen molar-refractivity contribution < 1.29 is 9.66 Å². The van der Waals surface area contributed by atoms with Crippen LogP contribution in [0.3, 0.4) is 0 Å². The lowest BCUT2D eigenvalue weighted by Crippen LogP contribution is -2.29. The molecular weight excluding hydrogens is 442 g/mol. The molecule has 3 rings (SSSR count). The average Bonchev–Trinajstić information content (AvgIpc) is 3.25. The van der Waals surface area contributed by atoms with E-state index in [-0.39, 0.29) is 29.5 Å². The Kier molecular flexibility index (Phi) is 8.17. The molecular formula is C24H24ClN5O3. The second kappa shape index (κ2) is 11.2. The number of nitrogens with one attached hydrogen (secondary N) is 1. The molecule has 1 N–H and O–H groups in total. The highest BCUT2D eigenvalue weighted by Crippen LogP contribution is 2.40. The number of nitrogens with zero attached hydrogens (tertiary/aromatic N) is 4. The number of rotatable bonds is 9. The van der Waals surface area contributed by atoms with E-state index in [0.717, 1.165) is 29.7 Å². The maximum atomic E-state index is 11.0. The van der Waals surface area contributed by atoms with Gasteiger partial charge in [0.2, 0.25) is 0 Å². The summed E-state index contributed by atoms with van der Waals surface area (Å²) in [5.74, 6) is 0.678. The molecule has 1 unspecified atom stereocenters. The monoisotopic (exact) mass is 465 g/mol. The molecule has 2 aromatic rings. The van der Waals surface area contributed by atoms with E-state index in [1.165, 1.54) is 23.9 Å². The normalized spacial score (nSPS) is 15.5. The largest absolute Gasteiger partial charge is 0.492 e. The van der Waals surface area contributed by atoms with Crippen LogP contribution in [0.15, 0.2) is 64.8 Å². The Morgan fingerprint density at radius 2 is 2.15 bits per heavy atom. The summed E-state index contributed by atoms with van der Waals surface area (Å²) < 4.78 is 5.63. The Bertz CT molecular complexity index is 1120. The molecule has 0 radical (unpaired) electrons. The number of aliphatic imine (C=N–C) groups is 1. The first-order valence-corrected chi connectivity index (χ1v) is 10.9. The number of benzene rings is 2. The third-order valence-corrected chi connectivity index (χ3v) is 5.67. The van der Waals surface area contributed by atoms with Crippen LogP contribution in [0.2, 0.25) is 0 Å². The fourth-order valence-corrected chi connectivity index (χ4v) is 4.00. The topological polar surface area (TPSA) is 116 Å². The number of allylic oxidation sites excluding steroid dienone is 1. The van der Waals surface area contributed by atoms with E-state index in [4.69, 9.17) is 21.7 Å². The van der Waals surface area contributed by atoms with Gasteiger partial charge in [0.1, 0.15) is 17.7 Å². The number of ether oxygens (including phenoxy) is 1. The molecule has 0 fully saturated rings. The van der Waals surface area contributed by atoms with Crippen LogP contribution in [-0.2, 0) is 0 Å². The van der Waals surface area contributed by atoms with E-state index in [1.807, 2.05) is 36.2 Å². The van der Waals surface area contributed by atoms with Crippen molar-refractivity contribution in [2.45, 2.75) is 25.2 Å². The molecule has 0 bridgehead atoms. The Hall–Kier alpha value is -3.70. The quantitative estimate of drug-likeness (QED) is 0.178. The molecule has 1 aliphatic carbocycles. The molecule has 0 heterocycles. The molecule has 8 nitrogen and oxygen atoms in total. The van der Waals surface area contributed by atoms with Gasteiger partial charge in [-0.1, -0.05) is 41.9 Å². The molecule has 9 heteroatoms. The SMILES string of the molecule is CN(CCCOc1cc([N+](=O)[O-])ccc1C#N)C(=N)C1=C(/N=C/Cl)C(c2ccccc2)CC1. The van der Waals surface area contributed by atoms with Crippen LogP contribution in [0.1, 0.15) is 36.3 Å². The van der Waals surface area contributed by atoms with Gasteiger partial charge >= 0.3 is 0 Å². The summed E-state index contributed by atoms with van der Waals surface area (Å²) in [6.45, 7) is 0.791. The van der Waals surface area contributed by atoms with Gasteiger partial charge in [0.05, 0.1) is 34.5 Å². The van der Waals surface area contributed by atoms with Gasteiger partial charge < -0.3 is 9.64 Å². The number of hydrogen-bond acceptors (Lipinski definition) is 6. The Morgan fingerprint density at radius 1 is 1.39 bits per heavy atom. The third-order valence-electron chi connectivity index (χ3n) is 5.57. The minimum Gasteiger partial charge on any atom is -0.492 e. The fourth-order valence-electron chi connectivity index (χ4n) is 3.90. The predicted octanol–water partition coefficient (Wildman–Crippen LogP) is 5.24. The fraction of sp³-hybridized carbons (Fsp3) is 0.292. The average molecular weight is 466 g/mol. The first-order chi connectivity index (χ1) is 16.0. The van der Waals surface area contributed by atoms with Gasteiger partial charge in [-0.3, -0.25) is 15.5 Å². The molecule has 170 valence electrons. The Morgan fingerprint density at radius 3 is 2.82 bits per heavy atom. The summed E-state index contributed by atoms with van der Waals surface area (Å²) in [5, 5.41) is 28.9. The number of halogens is 1. The van der Waals surface area contributed by atoms with E-state index in [1.54, 1.807) is 0 Å². The lowest BCUT2D eigenvalue weighted by Gasteiger charge is -2.21. The lowest BCUT2D eigenvalue weighted by molar-refractivity contribution is -0.384. The maximum Gasteiger partial charge on any atom is 0.273 e. The Labute approximate surface area is 197 Å². The minimum absolute atomic E-state index is 0.103. The summed E-state index contributed by atoms with van der Waals surface area (Å²) >= 11 is 5.81. The molecule has 1 aliphatic rings. The third kappa shape index (κ3) is 5.76.